The maximum Gasteiger partial charge on any atom is 0.254 e. The monoisotopic (exact) mass is 359 g/mol. The molecule has 0 unspecified atom stereocenters. The number of likely N-dealkylation sites (tertiary alicyclic amines) is 1. The fourth-order valence-electron chi connectivity index (χ4n) is 2.85. The number of carbonyl (C=O) groups is 1. The Kier molecular flexibility index (Phi) is 5.15. The summed E-state index contributed by atoms with van der Waals surface area (Å²) in [5.41, 5.74) is 2.05. The molecule has 1 aromatic carbocycles. The molecule has 132 valence electrons. The number of benzene rings is 1. The highest BCUT2D eigenvalue weighted by Gasteiger charge is 2.23. The quantitative estimate of drug-likeness (QED) is 0.887. The number of sulfonamides is 1. The molecule has 1 amide bonds. The smallest absolute Gasteiger partial charge is 0.254 e. The van der Waals surface area contributed by atoms with Crippen molar-refractivity contribution >= 4 is 15.9 Å². The maximum atomic E-state index is 12.6. The second-order valence-corrected chi connectivity index (χ2v) is 7.92. The first-order chi connectivity index (χ1) is 12.0. The van der Waals surface area contributed by atoms with Gasteiger partial charge in [0.25, 0.3) is 5.91 Å². The van der Waals surface area contributed by atoms with Crippen LogP contribution in [0.15, 0.2) is 47.6 Å². The molecule has 1 aliphatic heterocycles. The predicted molar refractivity (Wildman–Crippen MR) is 94.6 cm³/mol. The lowest BCUT2D eigenvalue weighted by Gasteiger charge is -2.17. The zero-order chi connectivity index (χ0) is 17.9. The number of hydrogen-bond donors (Lipinski definition) is 1. The summed E-state index contributed by atoms with van der Waals surface area (Å²) in [5, 5.41) is 0. The van der Waals surface area contributed by atoms with Crippen LogP contribution in [0.25, 0.3) is 0 Å². The van der Waals surface area contributed by atoms with E-state index in [1.807, 2.05) is 6.92 Å². The van der Waals surface area contributed by atoms with Crippen LogP contribution < -0.4 is 4.72 Å². The average Bonchev–Trinajstić information content (AvgIpc) is 3.15. The molecule has 0 atom stereocenters. The fourth-order valence-corrected chi connectivity index (χ4v) is 3.90. The minimum atomic E-state index is -3.70. The number of nitrogens with one attached hydrogen (secondary N) is 1. The molecule has 7 heteroatoms. The Labute approximate surface area is 147 Å². The molecule has 0 radical (unpaired) electrons. The molecule has 25 heavy (non-hydrogen) atoms. The third kappa shape index (κ3) is 4.05. The second kappa shape index (κ2) is 7.33. The van der Waals surface area contributed by atoms with Gasteiger partial charge in [0.15, 0.2) is 0 Å². The first-order valence-corrected chi connectivity index (χ1v) is 9.74. The van der Waals surface area contributed by atoms with Gasteiger partial charge in [-0.25, -0.2) is 13.1 Å². The Bertz CT molecular complexity index is 860. The van der Waals surface area contributed by atoms with Gasteiger partial charge in [0.05, 0.1) is 4.90 Å². The first-order valence-electron chi connectivity index (χ1n) is 8.26. The van der Waals surface area contributed by atoms with Crippen molar-refractivity contribution in [1.29, 1.82) is 0 Å². The molecular formula is C18H21N3O3S. The highest BCUT2D eigenvalue weighted by atomic mass is 32.2. The van der Waals surface area contributed by atoms with Crippen LogP contribution in [-0.4, -0.2) is 37.3 Å². The van der Waals surface area contributed by atoms with Crippen LogP contribution in [0.4, 0.5) is 0 Å². The summed E-state index contributed by atoms with van der Waals surface area (Å²) in [5.74, 6) is -0.0961. The Morgan fingerprint density at radius 1 is 1.16 bits per heavy atom. The van der Waals surface area contributed by atoms with Gasteiger partial charge in [-0.2, -0.15) is 0 Å². The number of carbonyl (C=O) groups excluding carboxylic acids is 1. The average molecular weight is 359 g/mol. The van der Waals surface area contributed by atoms with Crippen LogP contribution in [0.2, 0.25) is 0 Å². The topological polar surface area (TPSA) is 79.4 Å². The van der Waals surface area contributed by atoms with Crippen molar-refractivity contribution in [3.63, 3.8) is 0 Å². The van der Waals surface area contributed by atoms with Gasteiger partial charge < -0.3 is 4.90 Å². The van der Waals surface area contributed by atoms with Crippen LogP contribution in [0.3, 0.4) is 0 Å². The molecule has 0 saturated carbocycles. The van der Waals surface area contributed by atoms with Gasteiger partial charge in [0, 0.05) is 37.6 Å². The van der Waals surface area contributed by atoms with Crippen molar-refractivity contribution in [2.45, 2.75) is 31.2 Å². The normalized spacial score (nSPS) is 14.7. The van der Waals surface area contributed by atoms with E-state index in [0.29, 0.717) is 5.56 Å². The number of aromatic nitrogens is 1. The third-order valence-electron chi connectivity index (χ3n) is 4.36. The number of amides is 1. The van der Waals surface area contributed by atoms with Crippen LogP contribution in [0.5, 0.6) is 0 Å². The van der Waals surface area contributed by atoms with Crippen molar-refractivity contribution in [3.8, 4) is 0 Å². The van der Waals surface area contributed by atoms with E-state index in [4.69, 9.17) is 0 Å². The number of aryl methyl sites for hydroxylation is 1. The van der Waals surface area contributed by atoms with Gasteiger partial charge in [0.1, 0.15) is 0 Å². The second-order valence-electron chi connectivity index (χ2n) is 6.16. The Morgan fingerprint density at radius 3 is 2.52 bits per heavy atom. The van der Waals surface area contributed by atoms with Gasteiger partial charge in [0.2, 0.25) is 10.0 Å². The standard InChI is InChI=1S/C18H21N3O3S/c1-14-4-5-16(12-17(14)18(22)21-10-2-3-11-21)25(23,24)20-13-15-6-8-19-9-7-15/h4-9,12,20H,2-3,10-11,13H2,1H3. The Morgan fingerprint density at radius 2 is 1.84 bits per heavy atom. The maximum absolute atomic E-state index is 12.6. The van der Waals surface area contributed by atoms with Crippen LogP contribution in [0.1, 0.15) is 34.3 Å². The molecule has 3 rings (SSSR count). The summed E-state index contributed by atoms with van der Waals surface area (Å²) in [6.45, 7) is 3.46. The van der Waals surface area contributed by atoms with Crippen molar-refractivity contribution in [2.75, 3.05) is 13.1 Å². The zero-order valence-electron chi connectivity index (χ0n) is 14.1. The van der Waals surface area contributed by atoms with E-state index in [9.17, 15) is 13.2 Å². The molecule has 0 spiro atoms. The molecule has 0 aliphatic carbocycles. The van der Waals surface area contributed by atoms with Crippen LogP contribution >= 0.6 is 0 Å². The van der Waals surface area contributed by atoms with Crippen molar-refractivity contribution in [2.24, 2.45) is 0 Å². The molecule has 2 heterocycles. The van der Waals surface area contributed by atoms with E-state index in [1.54, 1.807) is 35.5 Å². The minimum absolute atomic E-state index is 0.0961. The van der Waals surface area contributed by atoms with Gasteiger partial charge in [-0.05, 0) is 55.2 Å². The fraction of sp³-hybridized carbons (Fsp3) is 0.333. The molecule has 1 aliphatic rings. The molecule has 1 N–H and O–H groups in total. The minimum Gasteiger partial charge on any atom is -0.339 e. The molecule has 1 saturated heterocycles. The van der Waals surface area contributed by atoms with Gasteiger partial charge in [-0.15, -0.1) is 0 Å². The van der Waals surface area contributed by atoms with Crippen LogP contribution in [0, 0.1) is 6.92 Å². The van der Waals surface area contributed by atoms with E-state index in [1.165, 1.54) is 12.1 Å². The van der Waals surface area contributed by atoms with E-state index < -0.39 is 10.0 Å². The van der Waals surface area contributed by atoms with Crippen molar-refractivity contribution < 1.29 is 13.2 Å². The Hall–Kier alpha value is -2.25. The first kappa shape index (κ1) is 17.6. The Balaban J connectivity index is 1.81. The van der Waals surface area contributed by atoms with Gasteiger partial charge in [-0.1, -0.05) is 6.07 Å². The van der Waals surface area contributed by atoms with Gasteiger partial charge in [-0.3, -0.25) is 9.78 Å². The van der Waals surface area contributed by atoms with Crippen LogP contribution in [-0.2, 0) is 16.6 Å². The summed E-state index contributed by atoms with van der Waals surface area (Å²) in [6, 6.07) is 8.19. The summed E-state index contributed by atoms with van der Waals surface area (Å²) in [6.07, 6.45) is 5.22. The number of pyridine rings is 1. The van der Waals surface area contributed by atoms with E-state index >= 15 is 0 Å². The molecule has 6 nitrogen and oxygen atoms in total. The molecule has 0 bridgehead atoms. The molecule has 1 aromatic heterocycles. The number of rotatable bonds is 5. The summed E-state index contributed by atoms with van der Waals surface area (Å²) >= 11 is 0. The molecule has 2 aromatic rings. The lowest BCUT2D eigenvalue weighted by Crippen LogP contribution is -2.29. The summed E-state index contributed by atoms with van der Waals surface area (Å²) in [7, 11) is -3.70. The van der Waals surface area contributed by atoms with E-state index in [2.05, 4.69) is 9.71 Å². The zero-order valence-corrected chi connectivity index (χ0v) is 14.9. The largest absolute Gasteiger partial charge is 0.339 e. The van der Waals surface area contributed by atoms with Crippen molar-refractivity contribution in [3.05, 3.63) is 59.4 Å². The predicted octanol–water partition coefficient (Wildman–Crippen LogP) is 2.10. The number of nitrogens with zero attached hydrogens (tertiary/aromatic N) is 2. The number of hydrogen-bond acceptors (Lipinski definition) is 4. The highest BCUT2D eigenvalue weighted by Crippen LogP contribution is 2.20. The van der Waals surface area contributed by atoms with Crippen molar-refractivity contribution in [1.82, 2.24) is 14.6 Å². The third-order valence-corrected chi connectivity index (χ3v) is 5.76. The highest BCUT2D eigenvalue weighted by molar-refractivity contribution is 7.89. The molecule has 1 fully saturated rings. The summed E-state index contributed by atoms with van der Waals surface area (Å²) in [4.78, 5) is 18.4. The van der Waals surface area contributed by atoms with Gasteiger partial charge >= 0.3 is 0 Å². The molecular weight excluding hydrogens is 338 g/mol. The lowest BCUT2D eigenvalue weighted by atomic mass is 10.1. The summed E-state index contributed by atoms with van der Waals surface area (Å²) < 4.78 is 27.7. The van der Waals surface area contributed by atoms with E-state index in [0.717, 1.165) is 37.1 Å². The SMILES string of the molecule is Cc1ccc(S(=O)(=O)NCc2ccncc2)cc1C(=O)N1CCCC1. The van der Waals surface area contributed by atoms with E-state index in [-0.39, 0.29) is 17.3 Å². The lowest BCUT2D eigenvalue weighted by molar-refractivity contribution is 0.0792.